The lowest BCUT2D eigenvalue weighted by Crippen LogP contribution is -2.27. The maximum absolute atomic E-state index is 12.0. The van der Waals surface area contributed by atoms with Crippen molar-refractivity contribution in [2.24, 2.45) is 0 Å². The molecule has 0 aliphatic rings. The van der Waals surface area contributed by atoms with Crippen molar-refractivity contribution in [1.29, 1.82) is 0 Å². The Morgan fingerprint density at radius 1 is 1.06 bits per heavy atom. The zero-order chi connectivity index (χ0) is 21.8. The number of benzene rings is 1. The van der Waals surface area contributed by atoms with Crippen LogP contribution in [0.2, 0.25) is 0 Å². The van der Waals surface area contributed by atoms with Crippen LogP contribution in [-0.2, 0) is 4.79 Å². The highest BCUT2D eigenvalue weighted by atomic mass is 16.5. The van der Waals surface area contributed by atoms with E-state index in [0.717, 1.165) is 22.5 Å². The lowest BCUT2D eigenvalue weighted by atomic mass is 10.2. The highest BCUT2D eigenvalue weighted by Crippen LogP contribution is 2.24. The van der Waals surface area contributed by atoms with E-state index in [1.54, 1.807) is 19.5 Å². The van der Waals surface area contributed by atoms with E-state index in [1.807, 2.05) is 72.0 Å². The van der Waals surface area contributed by atoms with E-state index < -0.39 is 0 Å². The molecule has 31 heavy (non-hydrogen) atoms. The summed E-state index contributed by atoms with van der Waals surface area (Å²) in [6.07, 6.45) is 3.49. The van der Waals surface area contributed by atoms with Gasteiger partial charge in [-0.15, -0.1) is 5.10 Å². The van der Waals surface area contributed by atoms with Gasteiger partial charge >= 0.3 is 0 Å². The summed E-state index contributed by atoms with van der Waals surface area (Å²) in [5.41, 5.74) is 4.13. The molecular formula is C22H23N7O2. The van der Waals surface area contributed by atoms with Gasteiger partial charge in [0, 0.05) is 29.2 Å². The third-order valence-electron chi connectivity index (χ3n) is 4.50. The molecule has 0 aliphatic heterocycles. The molecule has 0 bridgehead atoms. The number of ether oxygens (including phenoxy) is 1. The quantitative estimate of drug-likeness (QED) is 0.477. The van der Waals surface area contributed by atoms with Crippen LogP contribution in [0, 0.1) is 0 Å². The van der Waals surface area contributed by atoms with Crippen molar-refractivity contribution in [3.05, 3.63) is 60.9 Å². The van der Waals surface area contributed by atoms with E-state index in [2.05, 4.69) is 25.7 Å². The predicted octanol–water partition coefficient (Wildman–Crippen LogP) is 3.04. The Morgan fingerprint density at radius 2 is 1.90 bits per heavy atom. The van der Waals surface area contributed by atoms with Crippen molar-refractivity contribution in [2.75, 3.05) is 38.4 Å². The number of rotatable bonds is 7. The van der Waals surface area contributed by atoms with Crippen LogP contribution in [0.1, 0.15) is 0 Å². The summed E-state index contributed by atoms with van der Waals surface area (Å²) in [5.74, 6) is 0.909. The number of nitrogens with one attached hydrogen (secondary N) is 2. The van der Waals surface area contributed by atoms with E-state index in [0.29, 0.717) is 24.1 Å². The van der Waals surface area contributed by atoms with Gasteiger partial charge in [0.15, 0.2) is 0 Å². The first-order valence-electron chi connectivity index (χ1n) is 9.69. The zero-order valence-corrected chi connectivity index (χ0v) is 17.5. The molecule has 4 aromatic rings. The number of methoxy groups -OCH3 is 1. The summed E-state index contributed by atoms with van der Waals surface area (Å²) in [5, 5.41) is 10.7. The molecule has 2 N–H and O–H groups in total. The van der Waals surface area contributed by atoms with Gasteiger partial charge in [0.25, 0.3) is 0 Å². The van der Waals surface area contributed by atoms with Crippen molar-refractivity contribution in [3.8, 4) is 17.1 Å². The fourth-order valence-electron chi connectivity index (χ4n) is 3.12. The SMILES string of the molecule is COc1ccc(-c2ccc3cnc(Nc4cccc(NC(=O)CN(C)C)c4)nn23)cn1. The standard InChI is InChI=1S/C22H23N7O2/c1-28(2)14-20(30)25-16-5-4-6-17(11-16)26-22-24-13-18-8-9-19(29(18)27-22)15-7-10-21(31-3)23-12-15/h4-13H,14H2,1-3H3,(H,25,30)(H,26,27). The molecule has 9 heteroatoms. The first-order chi connectivity index (χ1) is 15.0. The maximum Gasteiger partial charge on any atom is 0.245 e. The van der Waals surface area contributed by atoms with Crippen LogP contribution in [0.3, 0.4) is 0 Å². The zero-order valence-electron chi connectivity index (χ0n) is 17.5. The van der Waals surface area contributed by atoms with Crippen molar-refractivity contribution in [3.63, 3.8) is 0 Å². The van der Waals surface area contributed by atoms with Gasteiger partial charge in [0.2, 0.25) is 17.7 Å². The van der Waals surface area contributed by atoms with Gasteiger partial charge in [-0.05, 0) is 50.5 Å². The molecule has 3 heterocycles. The second-order valence-corrected chi connectivity index (χ2v) is 7.22. The number of likely N-dealkylation sites (N-methyl/N-ethyl adjacent to an activating group) is 1. The van der Waals surface area contributed by atoms with Crippen molar-refractivity contribution < 1.29 is 9.53 Å². The molecular weight excluding hydrogens is 394 g/mol. The van der Waals surface area contributed by atoms with Gasteiger partial charge in [-0.3, -0.25) is 4.79 Å². The number of anilines is 3. The van der Waals surface area contributed by atoms with Crippen LogP contribution >= 0.6 is 0 Å². The van der Waals surface area contributed by atoms with Gasteiger partial charge in [-0.25, -0.2) is 14.5 Å². The molecule has 0 radical (unpaired) electrons. The summed E-state index contributed by atoms with van der Waals surface area (Å²) in [4.78, 5) is 22.5. The maximum atomic E-state index is 12.0. The number of amides is 1. The Bertz CT molecular complexity index is 1200. The average molecular weight is 417 g/mol. The summed E-state index contributed by atoms with van der Waals surface area (Å²) in [6, 6.07) is 15.1. The van der Waals surface area contributed by atoms with Crippen LogP contribution in [0.15, 0.2) is 60.9 Å². The molecule has 158 valence electrons. The lowest BCUT2D eigenvalue weighted by molar-refractivity contribution is -0.116. The highest BCUT2D eigenvalue weighted by molar-refractivity contribution is 5.92. The van der Waals surface area contributed by atoms with E-state index in [1.165, 1.54) is 0 Å². The first kappa shape index (κ1) is 20.3. The van der Waals surface area contributed by atoms with Crippen LogP contribution < -0.4 is 15.4 Å². The largest absolute Gasteiger partial charge is 0.481 e. The Hall–Kier alpha value is -3.98. The van der Waals surface area contributed by atoms with Gasteiger partial charge < -0.3 is 20.3 Å². The summed E-state index contributed by atoms with van der Waals surface area (Å²) in [6.45, 7) is 0.314. The molecule has 1 amide bonds. The third kappa shape index (κ3) is 4.78. The molecule has 0 saturated heterocycles. The van der Waals surface area contributed by atoms with E-state index >= 15 is 0 Å². The molecule has 9 nitrogen and oxygen atoms in total. The second kappa shape index (κ2) is 8.80. The second-order valence-electron chi connectivity index (χ2n) is 7.22. The minimum Gasteiger partial charge on any atom is -0.481 e. The number of carbonyl (C=O) groups excluding carboxylic acids is 1. The Balaban J connectivity index is 1.56. The minimum absolute atomic E-state index is 0.0788. The number of hydrogen-bond donors (Lipinski definition) is 2. The topological polar surface area (TPSA) is 96.7 Å². The highest BCUT2D eigenvalue weighted by Gasteiger charge is 2.09. The molecule has 0 fully saturated rings. The van der Waals surface area contributed by atoms with Crippen LogP contribution in [0.4, 0.5) is 17.3 Å². The number of carbonyl (C=O) groups is 1. The van der Waals surface area contributed by atoms with Crippen molar-refractivity contribution >= 4 is 28.7 Å². The predicted molar refractivity (Wildman–Crippen MR) is 120 cm³/mol. The summed E-state index contributed by atoms with van der Waals surface area (Å²) in [7, 11) is 5.29. The fourth-order valence-corrected chi connectivity index (χ4v) is 3.12. The molecule has 0 unspecified atom stereocenters. The molecule has 0 atom stereocenters. The molecule has 0 saturated carbocycles. The van der Waals surface area contributed by atoms with Crippen LogP contribution in [-0.4, -0.2) is 58.1 Å². The van der Waals surface area contributed by atoms with E-state index in [-0.39, 0.29) is 5.91 Å². The number of fused-ring (bicyclic) bond motifs is 1. The number of pyridine rings is 1. The Labute approximate surface area is 179 Å². The van der Waals surface area contributed by atoms with Crippen LogP contribution in [0.5, 0.6) is 5.88 Å². The normalized spacial score (nSPS) is 11.0. The monoisotopic (exact) mass is 417 g/mol. The van der Waals surface area contributed by atoms with Gasteiger partial charge in [0.1, 0.15) is 0 Å². The number of aromatic nitrogens is 4. The van der Waals surface area contributed by atoms with Crippen LogP contribution in [0.25, 0.3) is 16.8 Å². The molecule has 0 spiro atoms. The molecule has 4 rings (SSSR count). The smallest absolute Gasteiger partial charge is 0.245 e. The fraction of sp³-hybridized carbons (Fsp3) is 0.182. The number of hydrogen-bond acceptors (Lipinski definition) is 7. The first-order valence-corrected chi connectivity index (χ1v) is 9.69. The Morgan fingerprint density at radius 3 is 2.65 bits per heavy atom. The van der Waals surface area contributed by atoms with E-state index in [9.17, 15) is 4.79 Å². The van der Waals surface area contributed by atoms with Gasteiger partial charge in [-0.2, -0.15) is 0 Å². The third-order valence-corrected chi connectivity index (χ3v) is 4.50. The average Bonchev–Trinajstić information content (AvgIpc) is 3.16. The Kier molecular flexibility index (Phi) is 5.76. The lowest BCUT2D eigenvalue weighted by Gasteiger charge is -2.11. The van der Waals surface area contributed by atoms with Gasteiger partial charge in [-0.1, -0.05) is 6.07 Å². The minimum atomic E-state index is -0.0788. The molecule has 3 aromatic heterocycles. The van der Waals surface area contributed by atoms with Crippen molar-refractivity contribution in [2.45, 2.75) is 0 Å². The van der Waals surface area contributed by atoms with Crippen molar-refractivity contribution in [1.82, 2.24) is 24.5 Å². The van der Waals surface area contributed by atoms with E-state index in [4.69, 9.17) is 4.74 Å². The molecule has 0 aliphatic carbocycles. The molecule has 1 aromatic carbocycles. The number of nitrogens with zero attached hydrogens (tertiary/aromatic N) is 5. The summed E-state index contributed by atoms with van der Waals surface area (Å²) >= 11 is 0. The summed E-state index contributed by atoms with van der Waals surface area (Å²) < 4.78 is 6.94. The van der Waals surface area contributed by atoms with Gasteiger partial charge in [0.05, 0.1) is 31.1 Å².